The molecule has 206 valence electrons. The molecular formula is C20H36N5O10P. The van der Waals surface area contributed by atoms with Gasteiger partial charge in [0.25, 0.3) is 0 Å². The van der Waals surface area contributed by atoms with Crippen LogP contribution in [0.2, 0.25) is 0 Å². The molecule has 7 N–H and O–H groups in total. The maximum Gasteiger partial charge on any atom is 0.469 e. The van der Waals surface area contributed by atoms with Crippen LogP contribution in [0.25, 0.3) is 0 Å². The van der Waals surface area contributed by atoms with Gasteiger partial charge in [0.2, 0.25) is 29.5 Å². The number of phosphoric ester groups is 1. The summed E-state index contributed by atoms with van der Waals surface area (Å²) in [6.07, 6.45) is -0.277. The normalized spacial score (nSPS) is 17.9. The first-order valence-electron chi connectivity index (χ1n) is 11.4. The van der Waals surface area contributed by atoms with E-state index in [0.717, 1.165) is 0 Å². The summed E-state index contributed by atoms with van der Waals surface area (Å²) >= 11 is 0. The SMILES string of the molecule is CC(=O)N1CCC1C(=O)N[C@@H](CC(C)C)C(=O)NCC(=O)NC(CO)C(=O)NCC(C)OP(=O)(O)O. The molecule has 0 aromatic carbocycles. The number of carbonyl (C=O) groups is 5. The number of rotatable bonds is 14. The number of aliphatic hydroxyl groups excluding tert-OH is 1. The molecular weight excluding hydrogens is 501 g/mol. The fraction of sp³-hybridized carbons (Fsp3) is 0.750. The molecule has 36 heavy (non-hydrogen) atoms. The maximum absolute atomic E-state index is 12.7. The third kappa shape index (κ3) is 11.0. The van der Waals surface area contributed by atoms with Crippen molar-refractivity contribution in [3.63, 3.8) is 0 Å². The molecule has 1 fully saturated rings. The van der Waals surface area contributed by atoms with E-state index in [4.69, 9.17) is 9.79 Å². The van der Waals surface area contributed by atoms with E-state index >= 15 is 0 Å². The Kier molecular flexibility index (Phi) is 12.4. The Bertz CT molecular complexity index is 864. The smallest absolute Gasteiger partial charge is 0.394 e. The van der Waals surface area contributed by atoms with Gasteiger partial charge in [0, 0.05) is 20.0 Å². The fourth-order valence-corrected chi connectivity index (χ4v) is 3.92. The van der Waals surface area contributed by atoms with E-state index in [-0.39, 0.29) is 24.8 Å². The fourth-order valence-electron chi connectivity index (χ4n) is 3.38. The number of hydrogen-bond acceptors (Lipinski definition) is 8. The van der Waals surface area contributed by atoms with Gasteiger partial charge in [-0.1, -0.05) is 13.8 Å². The number of amides is 5. The quantitative estimate of drug-likeness (QED) is 0.114. The molecule has 4 atom stereocenters. The predicted molar refractivity (Wildman–Crippen MR) is 125 cm³/mol. The first kappa shape index (κ1) is 31.4. The summed E-state index contributed by atoms with van der Waals surface area (Å²) in [7, 11) is -4.75. The number of likely N-dealkylation sites (tertiary alicyclic amines) is 1. The van der Waals surface area contributed by atoms with E-state index < -0.39 is 68.8 Å². The lowest BCUT2D eigenvalue weighted by Gasteiger charge is -2.39. The monoisotopic (exact) mass is 537 g/mol. The predicted octanol–water partition coefficient (Wildman–Crippen LogP) is -2.65. The van der Waals surface area contributed by atoms with Crippen LogP contribution in [0.4, 0.5) is 0 Å². The Labute approximate surface area is 208 Å². The second-order valence-electron chi connectivity index (χ2n) is 8.88. The molecule has 0 radical (unpaired) electrons. The molecule has 0 saturated carbocycles. The Morgan fingerprint density at radius 1 is 1.03 bits per heavy atom. The highest BCUT2D eigenvalue weighted by molar-refractivity contribution is 7.46. The van der Waals surface area contributed by atoms with Crippen molar-refractivity contribution >= 4 is 37.4 Å². The van der Waals surface area contributed by atoms with E-state index in [1.807, 2.05) is 13.8 Å². The number of nitrogens with zero attached hydrogens (tertiary/aromatic N) is 1. The molecule has 0 aromatic rings. The van der Waals surface area contributed by atoms with Crippen molar-refractivity contribution in [3.05, 3.63) is 0 Å². The summed E-state index contributed by atoms with van der Waals surface area (Å²) in [5, 5.41) is 18.9. The van der Waals surface area contributed by atoms with Gasteiger partial charge in [-0.2, -0.15) is 0 Å². The van der Waals surface area contributed by atoms with Crippen molar-refractivity contribution in [1.29, 1.82) is 0 Å². The van der Waals surface area contributed by atoms with Crippen molar-refractivity contribution in [2.24, 2.45) is 5.92 Å². The highest BCUT2D eigenvalue weighted by Gasteiger charge is 2.37. The van der Waals surface area contributed by atoms with Crippen LogP contribution in [-0.4, -0.2) is 99.8 Å². The topological polar surface area (TPSA) is 224 Å². The first-order valence-corrected chi connectivity index (χ1v) is 12.9. The highest BCUT2D eigenvalue weighted by Crippen LogP contribution is 2.37. The second-order valence-corrected chi connectivity index (χ2v) is 10.1. The minimum Gasteiger partial charge on any atom is -0.394 e. The van der Waals surface area contributed by atoms with Crippen molar-refractivity contribution in [2.45, 2.75) is 64.8 Å². The number of aliphatic hydroxyl groups is 1. The Balaban J connectivity index is 2.59. The summed E-state index contributed by atoms with van der Waals surface area (Å²) in [4.78, 5) is 80.0. The van der Waals surface area contributed by atoms with Crippen molar-refractivity contribution in [2.75, 3.05) is 26.2 Å². The van der Waals surface area contributed by atoms with Gasteiger partial charge >= 0.3 is 7.82 Å². The van der Waals surface area contributed by atoms with Gasteiger partial charge in [-0.25, -0.2) is 4.57 Å². The lowest BCUT2D eigenvalue weighted by atomic mass is 9.99. The van der Waals surface area contributed by atoms with Crippen LogP contribution in [0.15, 0.2) is 0 Å². The summed E-state index contributed by atoms with van der Waals surface area (Å²) in [6, 6.07) is -2.99. The van der Waals surface area contributed by atoms with E-state index in [1.54, 1.807) is 0 Å². The zero-order chi connectivity index (χ0) is 27.6. The molecule has 1 aliphatic heterocycles. The molecule has 15 nitrogen and oxygen atoms in total. The van der Waals surface area contributed by atoms with Crippen molar-refractivity contribution in [1.82, 2.24) is 26.2 Å². The minimum atomic E-state index is -4.75. The zero-order valence-electron chi connectivity index (χ0n) is 20.7. The average Bonchev–Trinajstić information content (AvgIpc) is 2.70. The summed E-state index contributed by atoms with van der Waals surface area (Å²) in [6.45, 7) is 5.19. The van der Waals surface area contributed by atoms with Gasteiger partial charge < -0.3 is 41.1 Å². The van der Waals surface area contributed by atoms with Crippen LogP contribution in [0.3, 0.4) is 0 Å². The number of nitrogens with one attached hydrogen (secondary N) is 4. The van der Waals surface area contributed by atoms with E-state index in [1.165, 1.54) is 18.7 Å². The van der Waals surface area contributed by atoms with E-state index in [0.29, 0.717) is 13.0 Å². The molecule has 16 heteroatoms. The Hall–Kier alpha value is -2.58. The highest BCUT2D eigenvalue weighted by atomic mass is 31.2. The molecule has 5 amide bonds. The molecule has 0 aromatic heterocycles. The first-order chi connectivity index (χ1) is 16.6. The van der Waals surface area contributed by atoms with Gasteiger partial charge in [0.1, 0.15) is 18.1 Å². The standard InChI is InChI=1S/C20H36N5O10P/c1-11(2)7-14(24-20(31)16-5-6-25(16)13(4)27)18(29)22-9-17(28)23-15(10-26)19(30)21-8-12(3)35-36(32,33)34/h11-12,14-16,26H,5-10H2,1-4H3,(H,21,30)(H,22,29)(H,23,28)(H,24,31)(H2,32,33,34)/t12?,14-,15?,16?/m0/s1. The molecule has 0 aliphatic carbocycles. The van der Waals surface area contributed by atoms with Crippen LogP contribution in [0.1, 0.15) is 40.5 Å². The molecule has 1 rings (SSSR count). The minimum absolute atomic E-state index is 0.0274. The molecule has 1 heterocycles. The van der Waals surface area contributed by atoms with Crippen molar-refractivity contribution in [3.8, 4) is 0 Å². The molecule has 0 spiro atoms. The number of hydrogen-bond donors (Lipinski definition) is 7. The van der Waals surface area contributed by atoms with Crippen LogP contribution < -0.4 is 21.3 Å². The molecule has 1 aliphatic rings. The lowest BCUT2D eigenvalue weighted by Crippen LogP contribution is -2.61. The molecule has 1 saturated heterocycles. The maximum atomic E-state index is 12.7. The zero-order valence-corrected chi connectivity index (χ0v) is 21.6. The molecule has 0 bridgehead atoms. The average molecular weight is 538 g/mol. The van der Waals surface area contributed by atoms with Crippen LogP contribution in [0.5, 0.6) is 0 Å². The Morgan fingerprint density at radius 3 is 2.11 bits per heavy atom. The van der Waals surface area contributed by atoms with Gasteiger partial charge in [-0.05, 0) is 25.7 Å². The van der Waals surface area contributed by atoms with Crippen LogP contribution in [0, 0.1) is 5.92 Å². The van der Waals surface area contributed by atoms with Gasteiger partial charge in [0.15, 0.2) is 0 Å². The van der Waals surface area contributed by atoms with Gasteiger partial charge in [-0.3, -0.25) is 28.5 Å². The van der Waals surface area contributed by atoms with Gasteiger partial charge in [-0.15, -0.1) is 0 Å². The number of phosphoric acid groups is 1. The van der Waals surface area contributed by atoms with Gasteiger partial charge in [0.05, 0.1) is 19.3 Å². The second kappa shape index (κ2) is 14.2. The third-order valence-electron chi connectivity index (χ3n) is 5.21. The summed E-state index contributed by atoms with van der Waals surface area (Å²) in [5.74, 6) is -2.94. The third-order valence-corrected chi connectivity index (χ3v) is 5.84. The number of carbonyl (C=O) groups excluding carboxylic acids is 5. The van der Waals surface area contributed by atoms with Crippen molar-refractivity contribution < 1.29 is 48.0 Å². The Morgan fingerprint density at radius 2 is 1.64 bits per heavy atom. The summed E-state index contributed by atoms with van der Waals surface area (Å²) in [5.41, 5.74) is 0. The largest absolute Gasteiger partial charge is 0.469 e. The van der Waals surface area contributed by atoms with E-state index in [9.17, 15) is 33.6 Å². The molecule has 3 unspecified atom stereocenters. The van der Waals surface area contributed by atoms with E-state index in [2.05, 4.69) is 25.8 Å². The van der Waals surface area contributed by atoms with Crippen LogP contribution in [-0.2, 0) is 33.1 Å². The van der Waals surface area contributed by atoms with Crippen LogP contribution >= 0.6 is 7.82 Å². The summed E-state index contributed by atoms with van der Waals surface area (Å²) < 4.78 is 15.2. The lowest BCUT2D eigenvalue weighted by molar-refractivity contribution is -0.146.